The van der Waals surface area contributed by atoms with Crippen molar-refractivity contribution in [2.24, 2.45) is 11.8 Å². The third-order valence-corrected chi connectivity index (χ3v) is 6.15. The van der Waals surface area contributed by atoms with Crippen LogP contribution in [0.4, 0.5) is 0 Å². The van der Waals surface area contributed by atoms with Crippen LogP contribution in [0.5, 0.6) is 0 Å². The van der Waals surface area contributed by atoms with Gasteiger partial charge in [-0.1, -0.05) is 0 Å². The molecule has 0 amide bonds. The predicted octanol–water partition coefficient (Wildman–Crippen LogP) is 2.73. The third-order valence-electron chi connectivity index (χ3n) is 4.92. The molecule has 4 nitrogen and oxygen atoms in total. The predicted molar refractivity (Wildman–Crippen MR) is 92.3 cm³/mol. The van der Waals surface area contributed by atoms with Crippen molar-refractivity contribution >= 4 is 22.9 Å². The van der Waals surface area contributed by atoms with Crippen LogP contribution >= 0.6 is 11.8 Å². The maximum atomic E-state index is 4.91. The van der Waals surface area contributed by atoms with E-state index in [-0.39, 0.29) is 0 Å². The Morgan fingerprint density at radius 1 is 1.32 bits per heavy atom. The van der Waals surface area contributed by atoms with Gasteiger partial charge in [0.25, 0.3) is 0 Å². The highest BCUT2D eigenvalue weighted by Gasteiger charge is 2.22. The lowest BCUT2D eigenvalue weighted by Gasteiger charge is -2.23. The largest absolute Gasteiger partial charge is 0.316 e. The molecule has 2 atom stereocenters. The maximum Gasteiger partial charge on any atom is 0.159 e. The zero-order valence-electron chi connectivity index (χ0n) is 13.0. The molecule has 2 aromatic heterocycles. The first kappa shape index (κ1) is 14.5. The molecule has 2 unspecified atom stereocenters. The normalized spacial score (nSPS) is 25.8. The number of aromatic nitrogens is 3. The smallest absolute Gasteiger partial charge is 0.159 e. The van der Waals surface area contributed by atoms with Crippen molar-refractivity contribution in [1.29, 1.82) is 0 Å². The number of thioether (sulfide) groups is 1. The second kappa shape index (κ2) is 6.59. The molecule has 4 heterocycles. The third kappa shape index (κ3) is 3.01. The van der Waals surface area contributed by atoms with Crippen molar-refractivity contribution < 1.29 is 0 Å². The van der Waals surface area contributed by atoms with E-state index in [2.05, 4.69) is 32.7 Å². The molecular weight excluding hydrogens is 292 g/mol. The quantitative estimate of drug-likeness (QED) is 0.942. The van der Waals surface area contributed by atoms with Crippen LogP contribution in [-0.4, -0.2) is 39.1 Å². The Morgan fingerprint density at radius 3 is 3.14 bits per heavy atom. The fourth-order valence-electron chi connectivity index (χ4n) is 3.69. The first-order chi connectivity index (χ1) is 10.9. The van der Waals surface area contributed by atoms with Crippen LogP contribution in [0, 0.1) is 11.8 Å². The summed E-state index contributed by atoms with van der Waals surface area (Å²) in [6.07, 6.45) is 6.94. The summed E-state index contributed by atoms with van der Waals surface area (Å²) in [5.74, 6) is 5.36. The first-order valence-corrected chi connectivity index (χ1v) is 9.64. The highest BCUT2D eigenvalue weighted by atomic mass is 32.2. The summed E-state index contributed by atoms with van der Waals surface area (Å²) in [5.41, 5.74) is 2.14. The number of imidazole rings is 1. The number of rotatable bonds is 4. The molecule has 2 saturated heterocycles. The first-order valence-electron chi connectivity index (χ1n) is 8.49. The van der Waals surface area contributed by atoms with E-state index in [1.54, 1.807) is 0 Å². The van der Waals surface area contributed by atoms with Gasteiger partial charge in [0, 0.05) is 19.2 Å². The Labute approximate surface area is 136 Å². The van der Waals surface area contributed by atoms with Crippen LogP contribution in [0.1, 0.15) is 25.1 Å². The summed E-state index contributed by atoms with van der Waals surface area (Å²) in [5, 5.41) is 3.53. The zero-order valence-corrected chi connectivity index (χ0v) is 13.8. The van der Waals surface area contributed by atoms with Gasteiger partial charge in [0.15, 0.2) is 5.65 Å². The van der Waals surface area contributed by atoms with E-state index in [9.17, 15) is 0 Å². The number of fused-ring (bicyclic) bond motifs is 1. The fourth-order valence-corrected chi connectivity index (χ4v) is 4.97. The Balaban J connectivity index is 1.62. The van der Waals surface area contributed by atoms with Crippen molar-refractivity contribution in [2.75, 3.05) is 24.6 Å². The lowest BCUT2D eigenvalue weighted by atomic mass is 9.96. The van der Waals surface area contributed by atoms with Crippen molar-refractivity contribution in [3.8, 4) is 0 Å². The van der Waals surface area contributed by atoms with Crippen molar-refractivity contribution in [3.63, 3.8) is 0 Å². The molecule has 0 saturated carbocycles. The SMILES string of the molecule is c1cnc2c(c1)nc(CC1CCCNC1)n2CC1CCSC1. The van der Waals surface area contributed by atoms with Crippen LogP contribution in [0.15, 0.2) is 18.3 Å². The van der Waals surface area contributed by atoms with Crippen molar-refractivity contribution in [2.45, 2.75) is 32.2 Å². The van der Waals surface area contributed by atoms with Crippen LogP contribution in [-0.2, 0) is 13.0 Å². The lowest BCUT2D eigenvalue weighted by Crippen LogP contribution is -2.31. The average Bonchev–Trinajstić information content (AvgIpc) is 3.18. The minimum atomic E-state index is 0.724. The molecule has 0 radical (unpaired) electrons. The molecule has 0 aromatic carbocycles. The van der Waals surface area contributed by atoms with E-state index in [1.165, 1.54) is 43.1 Å². The van der Waals surface area contributed by atoms with E-state index < -0.39 is 0 Å². The Bertz CT molecular complexity index is 627. The van der Waals surface area contributed by atoms with Gasteiger partial charge in [-0.3, -0.25) is 0 Å². The van der Waals surface area contributed by atoms with E-state index in [0.717, 1.165) is 42.5 Å². The number of piperidine rings is 1. The molecule has 2 fully saturated rings. The fraction of sp³-hybridized carbons (Fsp3) is 0.647. The molecule has 2 aromatic rings. The van der Waals surface area contributed by atoms with Crippen molar-refractivity contribution in [1.82, 2.24) is 19.9 Å². The minimum absolute atomic E-state index is 0.724. The minimum Gasteiger partial charge on any atom is -0.316 e. The number of hydrogen-bond acceptors (Lipinski definition) is 4. The lowest BCUT2D eigenvalue weighted by molar-refractivity contribution is 0.363. The second-order valence-electron chi connectivity index (χ2n) is 6.63. The van der Waals surface area contributed by atoms with Gasteiger partial charge in [-0.05, 0) is 67.8 Å². The van der Waals surface area contributed by atoms with Gasteiger partial charge in [0.2, 0.25) is 0 Å². The number of pyridine rings is 1. The van der Waals surface area contributed by atoms with Gasteiger partial charge in [0.1, 0.15) is 11.3 Å². The topological polar surface area (TPSA) is 42.7 Å². The molecule has 0 bridgehead atoms. The molecule has 1 N–H and O–H groups in total. The highest BCUT2D eigenvalue weighted by Crippen LogP contribution is 2.27. The summed E-state index contributed by atoms with van der Waals surface area (Å²) in [6, 6.07) is 4.10. The van der Waals surface area contributed by atoms with Gasteiger partial charge < -0.3 is 9.88 Å². The molecule has 0 spiro atoms. The summed E-state index contributed by atoms with van der Waals surface area (Å²) in [6.45, 7) is 3.40. The molecule has 2 aliphatic heterocycles. The molecule has 2 aliphatic rings. The molecule has 5 heteroatoms. The Hall–Kier alpha value is -1.07. The monoisotopic (exact) mass is 316 g/mol. The number of hydrogen-bond donors (Lipinski definition) is 1. The average molecular weight is 316 g/mol. The summed E-state index contributed by atoms with van der Waals surface area (Å²) >= 11 is 2.09. The van der Waals surface area contributed by atoms with Gasteiger partial charge >= 0.3 is 0 Å². The molecule has 22 heavy (non-hydrogen) atoms. The maximum absolute atomic E-state index is 4.91. The number of nitrogens with one attached hydrogen (secondary N) is 1. The van der Waals surface area contributed by atoms with Crippen LogP contribution in [0.3, 0.4) is 0 Å². The van der Waals surface area contributed by atoms with E-state index >= 15 is 0 Å². The van der Waals surface area contributed by atoms with Crippen LogP contribution in [0.25, 0.3) is 11.2 Å². The highest BCUT2D eigenvalue weighted by molar-refractivity contribution is 7.99. The second-order valence-corrected chi connectivity index (χ2v) is 7.78. The Kier molecular flexibility index (Phi) is 4.35. The standard InChI is InChI=1S/C17H24N4S/c1-3-13(10-18-6-1)9-16-20-15-4-2-7-19-17(15)21(16)11-14-5-8-22-12-14/h2,4,7,13-14,18H,1,3,5-6,8-12H2. The summed E-state index contributed by atoms with van der Waals surface area (Å²) in [4.78, 5) is 9.53. The molecular formula is C17H24N4S. The molecule has 4 rings (SSSR count). The van der Waals surface area contributed by atoms with Gasteiger partial charge in [-0.2, -0.15) is 11.8 Å². The van der Waals surface area contributed by atoms with E-state index in [1.807, 2.05) is 12.3 Å². The molecule has 0 aliphatic carbocycles. The van der Waals surface area contributed by atoms with Gasteiger partial charge in [-0.15, -0.1) is 0 Å². The Morgan fingerprint density at radius 2 is 2.32 bits per heavy atom. The summed E-state index contributed by atoms with van der Waals surface area (Å²) in [7, 11) is 0. The van der Waals surface area contributed by atoms with Gasteiger partial charge in [-0.25, -0.2) is 9.97 Å². The van der Waals surface area contributed by atoms with Crippen LogP contribution < -0.4 is 5.32 Å². The van der Waals surface area contributed by atoms with E-state index in [4.69, 9.17) is 4.98 Å². The van der Waals surface area contributed by atoms with Crippen molar-refractivity contribution in [3.05, 3.63) is 24.2 Å². The zero-order chi connectivity index (χ0) is 14.8. The van der Waals surface area contributed by atoms with E-state index in [0.29, 0.717) is 0 Å². The van der Waals surface area contributed by atoms with Crippen LogP contribution in [0.2, 0.25) is 0 Å². The molecule has 118 valence electrons. The summed E-state index contributed by atoms with van der Waals surface area (Å²) < 4.78 is 2.42. The number of nitrogens with zero attached hydrogens (tertiary/aromatic N) is 3. The van der Waals surface area contributed by atoms with Gasteiger partial charge in [0.05, 0.1) is 0 Å².